The number of ether oxygens (including phenoxy) is 1. The van der Waals surface area contributed by atoms with Crippen LogP contribution < -0.4 is 5.32 Å². The van der Waals surface area contributed by atoms with Crippen LogP contribution in [0.3, 0.4) is 0 Å². The summed E-state index contributed by atoms with van der Waals surface area (Å²) in [5, 5.41) is 12.7. The maximum absolute atomic E-state index is 12.7. The Morgan fingerprint density at radius 2 is 1.93 bits per heavy atom. The third kappa shape index (κ3) is 5.41. The normalized spacial score (nSPS) is 12.0. The molecule has 3 rings (SSSR count). The lowest BCUT2D eigenvalue weighted by molar-refractivity contribution is -0.115. The van der Waals surface area contributed by atoms with E-state index >= 15 is 0 Å². The number of hydrogen-bond donors (Lipinski definition) is 1. The van der Waals surface area contributed by atoms with E-state index in [1.807, 2.05) is 66.9 Å². The molecule has 1 heterocycles. The van der Waals surface area contributed by atoms with Gasteiger partial charge in [-0.05, 0) is 44.0 Å². The van der Waals surface area contributed by atoms with Gasteiger partial charge in [0.15, 0.2) is 11.0 Å². The minimum Gasteiger partial charge on any atom is -0.385 e. The zero-order chi connectivity index (χ0) is 21.5. The van der Waals surface area contributed by atoms with E-state index in [9.17, 15) is 4.79 Å². The van der Waals surface area contributed by atoms with E-state index in [1.165, 1.54) is 11.8 Å². The Morgan fingerprint density at radius 3 is 2.67 bits per heavy atom. The predicted molar refractivity (Wildman–Crippen MR) is 122 cm³/mol. The number of methoxy groups -OCH3 is 1. The molecule has 3 aromatic rings. The quantitative estimate of drug-likeness (QED) is 0.369. The number of rotatable bonds is 9. The first-order valence-corrected chi connectivity index (χ1v) is 11.0. The van der Waals surface area contributed by atoms with Crippen LogP contribution in [0.2, 0.25) is 5.02 Å². The van der Waals surface area contributed by atoms with Gasteiger partial charge in [-0.3, -0.25) is 4.79 Å². The number of halogens is 1. The SMILES string of the molecule is COCCCn1c(SC(C)C(=O)Nc2ccccc2C)nnc1-c1ccccc1Cl. The van der Waals surface area contributed by atoms with Gasteiger partial charge in [0.05, 0.1) is 10.3 Å². The fourth-order valence-corrected chi connectivity index (χ4v) is 4.04. The maximum Gasteiger partial charge on any atom is 0.237 e. The van der Waals surface area contributed by atoms with Crippen LogP contribution in [0.5, 0.6) is 0 Å². The van der Waals surface area contributed by atoms with Crippen molar-refractivity contribution in [1.82, 2.24) is 14.8 Å². The van der Waals surface area contributed by atoms with Gasteiger partial charge in [0.2, 0.25) is 5.91 Å². The lowest BCUT2D eigenvalue weighted by atomic mass is 10.2. The number of amides is 1. The molecule has 6 nitrogen and oxygen atoms in total. The molecule has 1 aromatic heterocycles. The number of para-hydroxylation sites is 1. The van der Waals surface area contributed by atoms with E-state index in [0.29, 0.717) is 29.2 Å². The number of thioether (sulfide) groups is 1. The van der Waals surface area contributed by atoms with Gasteiger partial charge in [-0.25, -0.2) is 0 Å². The number of hydrogen-bond acceptors (Lipinski definition) is 5. The molecule has 0 aliphatic heterocycles. The highest BCUT2D eigenvalue weighted by molar-refractivity contribution is 8.00. The molecule has 0 saturated carbocycles. The Morgan fingerprint density at radius 1 is 1.20 bits per heavy atom. The molecule has 1 unspecified atom stereocenters. The zero-order valence-corrected chi connectivity index (χ0v) is 18.8. The average Bonchev–Trinajstić information content (AvgIpc) is 3.12. The fourth-order valence-electron chi connectivity index (χ4n) is 2.95. The summed E-state index contributed by atoms with van der Waals surface area (Å²) < 4.78 is 7.20. The first-order chi connectivity index (χ1) is 14.5. The van der Waals surface area contributed by atoms with Crippen molar-refractivity contribution >= 4 is 35.0 Å². The number of nitrogens with one attached hydrogen (secondary N) is 1. The molecule has 0 spiro atoms. The molecular weight excluding hydrogens is 420 g/mol. The van der Waals surface area contributed by atoms with E-state index in [2.05, 4.69) is 15.5 Å². The summed E-state index contributed by atoms with van der Waals surface area (Å²) in [4.78, 5) is 12.7. The van der Waals surface area contributed by atoms with Gasteiger partial charge in [-0.2, -0.15) is 0 Å². The van der Waals surface area contributed by atoms with E-state index < -0.39 is 0 Å². The Kier molecular flexibility index (Phi) is 7.90. The lowest BCUT2D eigenvalue weighted by Crippen LogP contribution is -2.23. The van der Waals surface area contributed by atoms with E-state index in [0.717, 1.165) is 23.2 Å². The molecule has 30 heavy (non-hydrogen) atoms. The predicted octanol–water partition coefficient (Wildman–Crippen LogP) is 5.06. The highest BCUT2D eigenvalue weighted by Crippen LogP contribution is 2.31. The minimum absolute atomic E-state index is 0.0833. The molecule has 1 atom stereocenters. The zero-order valence-electron chi connectivity index (χ0n) is 17.3. The van der Waals surface area contributed by atoms with Gasteiger partial charge < -0.3 is 14.6 Å². The largest absolute Gasteiger partial charge is 0.385 e. The number of benzene rings is 2. The van der Waals surface area contributed by atoms with Crippen LogP contribution in [0.1, 0.15) is 18.9 Å². The first kappa shape index (κ1) is 22.3. The summed E-state index contributed by atoms with van der Waals surface area (Å²) in [6.45, 7) is 5.11. The average molecular weight is 445 g/mol. The minimum atomic E-state index is -0.353. The van der Waals surface area contributed by atoms with Crippen LogP contribution in [-0.2, 0) is 16.1 Å². The summed E-state index contributed by atoms with van der Waals surface area (Å²) in [5.74, 6) is 0.603. The Bertz CT molecular complexity index is 1010. The fraction of sp³-hybridized carbons (Fsp3) is 0.318. The Balaban J connectivity index is 1.81. The van der Waals surface area contributed by atoms with Gasteiger partial charge in [-0.15, -0.1) is 10.2 Å². The molecule has 1 amide bonds. The van der Waals surface area contributed by atoms with Crippen LogP contribution in [0.15, 0.2) is 53.7 Å². The summed E-state index contributed by atoms with van der Waals surface area (Å²) in [7, 11) is 1.68. The molecule has 0 saturated heterocycles. The molecule has 0 bridgehead atoms. The van der Waals surface area contributed by atoms with Crippen LogP contribution in [-0.4, -0.2) is 39.6 Å². The summed E-state index contributed by atoms with van der Waals surface area (Å²) in [6, 6.07) is 15.3. The molecule has 0 aliphatic carbocycles. The van der Waals surface area contributed by atoms with Crippen molar-refractivity contribution in [3.05, 3.63) is 59.1 Å². The van der Waals surface area contributed by atoms with Crippen molar-refractivity contribution in [3.63, 3.8) is 0 Å². The highest BCUT2D eigenvalue weighted by atomic mass is 35.5. The molecule has 8 heteroatoms. The Hall–Kier alpha value is -2.35. The standard InChI is InChI=1S/C22H25ClN4O2S/c1-15-9-4-7-12-19(15)24-21(28)16(2)30-22-26-25-20(27(22)13-8-14-29-3)17-10-5-6-11-18(17)23/h4-7,9-12,16H,8,13-14H2,1-3H3,(H,24,28). The molecule has 1 N–H and O–H groups in total. The molecule has 0 fully saturated rings. The van der Waals surface area contributed by atoms with Crippen molar-refractivity contribution in [3.8, 4) is 11.4 Å². The van der Waals surface area contributed by atoms with Crippen molar-refractivity contribution in [2.45, 2.75) is 37.2 Å². The second-order valence-corrected chi connectivity index (χ2v) is 8.56. The van der Waals surface area contributed by atoms with Crippen molar-refractivity contribution in [1.29, 1.82) is 0 Å². The number of carbonyl (C=O) groups excluding carboxylic acids is 1. The van der Waals surface area contributed by atoms with Crippen LogP contribution in [0, 0.1) is 6.92 Å². The van der Waals surface area contributed by atoms with Crippen LogP contribution in [0.4, 0.5) is 5.69 Å². The Labute approximate surface area is 186 Å². The van der Waals surface area contributed by atoms with E-state index in [-0.39, 0.29) is 11.2 Å². The van der Waals surface area contributed by atoms with Gasteiger partial charge in [0, 0.05) is 31.5 Å². The van der Waals surface area contributed by atoms with Crippen molar-refractivity contribution < 1.29 is 9.53 Å². The number of nitrogens with zero attached hydrogens (tertiary/aromatic N) is 3. The lowest BCUT2D eigenvalue weighted by Gasteiger charge is -2.15. The molecule has 158 valence electrons. The number of carbonyl (C=O) groups is 1. The van der Waals surface area contributed by atoms with Gasteiger partial charge in [0.25, 0.3) is 0 Å². The molecule has 2 aromatic carbocycles. The van der Waals surface area contributed by atoms with Gasteiger partial charge in [-0.1, -0.05) is 53.7 Å². The van der Waals surface area contributed by atoms with E-state index in [1.54, 1.807) is 7.11 Å². The molecule has 0 aliphatic rings. The smallest absolute Gasteiger partial charge is 0.237 e. The number of aromatic nitrogens is 3. The monoisotopic (exact) mass is 444 g/mol. The topological polar surface area (TPSA) is 69.0 Å². The number of aryl methyl sites for hydroxylation is 1. The summed E-state index contributed by atoms with van der Waals surface area (Å²) in [5.41, 5.74) is 2.65. The second kappa shape index (κ2) is 10.6. The van der Waals surface area contributed by atoms with Gasteiger partial charge in [0.1, 0.15) is 0 Å². The summed E-state index contributed by atoms with van der Waals surface area (Å²) >= 11 is 7.76. The third-order valence-electron chi connectivity index (χ3n) is 4.62. The maximum atomic E-state index is 12.7. The number of anilines is 1. The third-order valence-corrected chi connectivity index (χ3v) is 6.03. The highest BCUT2D eigenvalue weighted by Gasteiger charge is 2.22. The second-order valence-electron chi connectivity index (χ2n) is 6.85. The molecular formula is C22H25ClN4O2S. The van der Waals surface area contributed by atoms with Crippen LogP contribution >= 0.6 is 23.4 Å². The van der Waals surface area contributed by atoms with Crippen LogP contribution in [0.25, 0.3) is 11.4 Å². The van der Waals surface area contributed by atoms with E-state index in [4.69, 9.17) is 16.3 Å². The van der Waals surface area contributed by atoms with Gasteiger partial charge >= 0.3 is 0 Å². The van der Waals surface area contributed by atoms with Crippen molar-refractivity contribution in [2.75, 3.05) is 19.0 Å². The summed E-state index contributed by atoms with van der Waals surface area (Å²) in [6.07, 6.45) is 0.795. The first-order valence-electron chi connectivity index (χ1n) is 9.71. The van der Waals surface area contributed by atoms with Crippen molar-refractivity contribution in [2.24, 2.45) is 0 Å². The molecule has 0 radical (unpaired) electrons.